The first-order valence-corrected chi connectivity index (χ1v) is 7.93. The molecule has 0 heterocycles. The van der Waals surface area contributed by atoms with Crippen LogP contribution in [0.25, 0.3) is 0 Å². The van der Waals surface area contributed by atoms with Gasteiger partial charge in [0.1, 0.15) is 11.6 Å². The summed E-state index contributed by atoms with van der Waals surface area (Å²) in [6.07, 6.45) is 5.43. The SMILES string of the molecule is COc1ccc(C2(C(=O)O)CCCCC2)c(F)c1SC. The summed E-state index contributed by atoms with van der Waals surface area (Å²) in [5.74, 6) is -0.912. The molecule has 1 saturated carbocycles. The molecule has 0 spiro atoms. The Hall–Kier alpha value is -1.23. The number of benzene rings is 1. The number of rotatable bonds is 4. The van der Waals surface area contributed by atoms with Crippen LogP contribution in [0.3, 0.4) is 0 Å². The molecule has 0 amide bonds. The Labute approximate surface area is 122 Å². The zero-order chi connectivity index (χ0) is 14.8. The summed E-state index contributed by atoms with van der Waals surface area (Å²) in [6, 6.07) is 3.25. The summed E-state index contributed by atoms with van der Waals surface area (Å²) in [4.78, 5) is 12.2. The van der Waals surface area contributed by atoms with Gasteiger partial charge in [0.15, 0.2) is 0 Å². The van der Waals surface area contributed by atoms with Crippen LogP contribution in [0.2, 0.25) is 0 Å². The van der Waals surface area contributed by atoms with Gasteiger partial charge in [0, 0.05) is 5.56 Å². The molecule has 1 fully saturated rings. The molecule has 0 saturated heterocycles. The minimum absolute atomic E-state index is 0.301. The van der Waals surface area contributed by atoms with Gasteiger partial charge in [-0.15, -0.1) is 11.8 Å². The highest BCUT2D eigenvalue weighted by Crippen LogP contribution is 2.44. The van der Waals surface area contributed by atoms with Gasteiger partial charge in [0.25, 0.3) is 0 Å². The Balaban J connectivity index is 2.57. The Morgan fingerprint density at radius 2 is 2.00 bits per heavy atom. The molecule has 1 aliphatic rings. The summed E-state index contributed by atoms with van der Waals surface area (Å²) in [7, 11) is 1.49. The number of halogens is 1. The summed E-state index contributed by atoms with van der Waals surface area (Å²) < 4.78 is 19.9. The number of carbonyl (C=O) groups is 1. The van der Waals surface area contributed by atoms with E-state index in [1.165, 1.54) is 18.9 Å². The number of carboxylic acids is 1. The lowest BCUT2D eigenvalue weighted by molar-refractivity contribution is -0.145. The maximum atomic E-state index is 14.7. The number of hydrogen-bond donors (Lipinski definition) is 1. The number of ether oxygens (including phenoxy) is 1. The van der Waals surface area contributed by atoms with Gasteiger partial charge in [-0.3, -0.25) is 4.79 Å². The first-order chi connectivity index (χ1) is 9.56. The Morgan fingerprint density at radius 3 is 2.50 bits per heavy atom. The van der Waals surface area contributed by atoms with E-state index in [0.29, 0.717) is 29.1 Å². The van der Waals surface area contributed by atoms with Crippen molar-refractivity contribution in [3.8, 4) is 5.75 Å². The molecule has 1 aliphatic carbocycles. The van der Waals surface area contributed by atoms with Crippen molar-refractivity contribution in [2.75, 3.05) is 13.4 Å². The molecule has 1 aromatic carbocycles. The third-order valence-corrected chi connectivity index (χ3v) is 4.91. The van der Waals surface area contributed by atoms with Crippen LogP contribution in [0.4, 0.5) is 4.39 Å². The van der Waals surface area contributed by atoms with Crippen LogP contribution < -0.4 is 4.74 Å². The average Bonchev–Trinajstić information content (AvgIpc) is 2.47. The standard InChI is InChI=1S/C15H19FO3S/c1-19-11-7-6-10(12(16)13(11)20-2)15(14(17)18)8-4-3-5-9-15/h6-7H,3-5,8-9H2,1-2H3,(H,17,18). The van der Waals surface area contributed by atoms with E-state index in [2.05, 4.69) is 0 Å². The second kappa shape index (κ2) is 6.04. The zero-order valence-electron chi connectivity index (χ0n) is 11.7. The fourth-order valence-corrected chi connectivity index (χ4v) is 3.65. The van der Waals surface area contributed by atoms with E-state index in [1.807, 2.05) is 0 Å². The fourth-order valence-electron chi connectivity index (χ4n) is 3.01. The largest absolute Gasteiger partial charge is 0.495 e. The summed E-state index contributed by atoms with van der Waals surface area (Å²) >= 11 is 1.24. The van der Waals surface area contributed by atoms with Crippen LogP contribution in [0.5, 0.6) is 5.75 Å². The van der Waals surface area contributed by atoms with Gasteiger partial charge in [0.2, 0.25) is 0 Å². The van der Waals surface area contributed by atoms with Crippen molar-refractivity contribution in [3.63, 3.8) is 0 Å². The van der Waals surface area contributed by atoms with Crippen molar-refractivity contribution < 1.29 is 19.0 Å². The maximum absolute atomic E-state index is 14.7. The van der Waals surface area contributed by atoms with Crippen molar-refractivity contribution in [2.45, 2.75) is 42.4 Å². The smallest absolute Gasteiger partial charge is 0.314 e. The molecule has 0 atom stereocenters. The van der Waals surface area contributed by atoms with Gasteiger partial charge in [-0.25, -0.2) is 4.39 Å². The zero-order valence-corrected chi connectivity index (χ0v) is 12.6. The van der Waals surface area contributed by atoms with Crippen molar-refractivity contribution in [1.82, 2.24) is 0 Å². The van der Waals surface area contributed by atoms with Crippen LogP contribution in [-0.2, 0) is 10.2 Å². The lowest BCUT2D eigenvalue weighted by Crippen LogP contribution is -2.38. The molecule has 0 aliphatic heterocycles. The molecule has 1 N–H and O–H groups in total. The summed E-state index contributed by atoms with van der Waals surface area (Å²) in [5.41, 5.74) is -0.783. The number of hydrogen-bond acceptors (Lipinski definition) is 3. The molecule has 2 rings (SSSR count). The molecule has 0 radical (unpaired) electrons. The lowest BCUT2D eigenvalue weighted by atomic mass is 9.69. The van der Waals surface area contributed by atoms with Gasteiger partial charge in [-0.1, -0.05) is 25.3 Å². The van der Waals surface area contributed by atoms with Gasteiger partial charge in [0.05, 0.1) is 17.4 Å². The molecular weight excluding hydrogens is 279 g/mol. The minimum atomic E-state index is -1.08. The van der Waals surface area contributed by atoms with E-state index in [9.17, 15) is 14.3 Å². The van der Waals surface area contributed by atoms with Crippen molar-refractivity contribution in [2.24, 2.45) is 0 Å². The third kappa shape index (κ3) is 2.39. The Morgan fingerprint density at radius 1 is 1.35 bits per heavy atom. The third-order valence-electron chi connectivity index (χ3n) is 4.12. The molecule has 1 aromatic rings. The average molecular weight is 298 g/mol. The predicted octanol–water partition coefficient (Wildman–Crippen LogP) is 3.84. The molecule has 0 aromatic heterocycles. The summed E-state index contributed by atoms with van der Waals surface area (Å²) in [5, 5.41) is 9.65. The van der Waals surface area contributed by atoms with Gasteiger partial charge in [-0.05, 0) is 25.2 Å². The Bertz CT molecular complexity index is 510. The van der Waals surface area contributed by atoms with E-state index in [1.54, 1.807) is 18.4 Å². The number of aliphatic carboxylic acids is 1. The van der Waals surface area contributed by atoms with Crippen molar-refractivity contribution in [3.05, 3.63) is 23.5 Å². The van der Waals surface area contributed by atoms with Crippen LogP contribution in [0.1, 0.15) is 37.7 Å². The van der Waals surface area contributed by atoms with Gasteiger partial charge >= 0.3 is 5.97 Å². The normalized spacial score (nSPS) is 17.8. The quantitative estimate of drug-likeness (QED) is 0.858. The van der Waals surface area contributed by atoms with Crippen molar-refractivity contribution in [1.29, 1.82) is 0 Å². The van der Waals surface area contributed by atoms with E-state index in [4.69, 9.17) is 4.74 Å². The van der Waals surface area contributed by atoms with Crippen LogP contribution >= 0.6 is 11.8 Å². The van der Waals surface area contributed by atoms with Crippen LogP contribution in [0, 0.1) is 5.82 Å². The van der Waals surface area contributed by atoms with E-state index >= 15 is 0 Å². The van der Waals surface area contributed by atoms with Gasteiger partial charge in [-0.2, -0.15) is 0 Å². The first kappa shape index (κ1) is 15.2. The topological polar surface area (TPSA) is 46.5 Å². The van der Waals surface area contributed by atoms with Gasteiger partial charge < -0.3 is 9.84 Å². The highest BCUT2D eigenvalue weighted by Gasteiger charge is 2.43. The second-order valence-corrected chi connectivity index (χ2v) is 5.93. The van der Waals surface area contributed by atoms with Crippen molar-refractivity contribution >= 4 is 17.7 Å². The van der Waals surface area contributed by atoms with Crippen LogP contribution in [0.15, 0.2) is 17.0 Å². The monoisotopic (exact) mass is 298 g/mol. The molecule has 20 heavy (non-hydrogen) atoms. The van der Waals surface area contributed by atoms with Crippen LogP contribution in [-0.4, -0.2) is 24.4 Å². The lowest BCUT2D eigenvalue weighted by Gasteiger charge is -2.34. The number of thioether (sulfide) groups is 1. The highest BCUT2D eigenvalue weighted by molar-refractivity contribution is 7.98. The first-order valence-electron chi connectivity index (χ1n) is 6.71. The highest BCUT2D eigenvalue weighted by atomic mass is 32.2. The van der Waals surface area contributed by atoms with E-state index in [-0.39, 0.29) is 0 Å². The second-order valence-electron chi connectivity index (χ2n) is 5.11. The molecular formula is C15H19FO3S. The molecule has 110 valence electrons. The maximum Gasteiger partial charge on any atom is 0.314 e. The number of carboxylic acid groups (broad SMARTS) is 1. The Kier molecular flexibility index (Phi) is 4.58. The van der Waals surface area contributed by atoms with E-state index in [0.717, 1.165) is 19.3 Å². The number of methoxy groups -OCH3 is 1. The molecule has 0 unspecified atom stereocenters. The molecule has 3 nitrogen and oxygen atoms in total. The molecule has 0 bridgehead atoms. The predicted molar refractivity (Wildman–Crippen MR) is 77.1 cm³/mol. The molecule has 5 heteroatoms. The summed E-state index contributed by atoms with van der Waals surface area (Å²) in [6.45, 7) is 0. The van der Waals surface area contributed by atoms with E-state index < -0.39 is 17.2 Å². The minimum Gasteiger partial charge on any atom is -0.495 e. The fraction of sp³-hybridized carbons (Fsp3) is 0.533.